The molecule has 0 aliphatic heterocycles. The van der Waals surface area contributed by atoms with E-state index in [0.717, 1.165) is 18.5 Å². The molecule has 1 heterocycles. The zero-order valence-corrected chi connectivity index (χ0v) is 15.5. The molecule has 1 aromatic carbocycles. The lowest BCUT2D eigenvalue weighted by Crippen LogP contribution is -2.19. The minimum absolute atomic E-state index is 0.318. The largest absolute Gasteiger partial charge is 0.465 e. The van der Waals surface area contributed by atoms with Crippen LogP contribution in [0, 0.1) is 0 Å². The molecular formula is C21H25N3O3. The highest BCUT2D eigenvalue weighted by atomic mass is 16.5. The average Bonchev–Trinajstić information content (AvgIpc) is 2.96. The van der Waals surface area contributed by atoms with Crippen molar-refractivity contribution >= 4 is 23.3 Å². The maximum atomic E-state index is 12.5. The molecule has 0 radical (unpaired) electrons. The van der Waals surface area contributed by atoms with Crippen molar-refractivity contribution in [1.82, 2.24) is 4.98 Å². The van der Waals surface area contributed by atoms with Gasteiger partial charge in [-0.05, 0) is 43.2 Å². The van der Waals surface area contributed by atoms with E-state index in [2.05, 4.69) is 15.6 Å². The second kappa shape index (κ2) is 9.16. The number of hydrogen-bond donors (Lipinski definition) is 2. The van der Waals surface area contributed by atoms with Crippen molar-refractivity contribution < 1.29 is 14.3 Å². The molecule has 0 bridgehead atoms. The lowest BCUT2D eigenvalue weighted by Gasteiger charge is -2.18. The molecule has 0 atom stereocenters. The van der Waals surface area contributed by atoms with E-state index in [4.69, 9.17) is 4.74 Å². The highest BCUT2D eigenvalue weighted by molar-refractivity contribution is 6.04. The summed E-state index contributed by atoms with van der Waals surface area (Å²) in [5.74, 6) is -0.764. The number of amides is 1. The Kier molecular flexibility index (Phi) is 6.41. The molecule has 1 aliphatic carbocycles. The van der Waals surface area contributed by atoms with Gasteiger partial charge in [-0.25, -0.2) is 4.79 Å². The van der Waals surface area contributed by atoms with Crippen LogP contribution in [0.2, 0.25) is 0 Å². The second-order valence-corrected chi connectivity index (χ2v) is 6.79. The summed E-state index contributed by atoms with van der Waals surface area (Å²) in [6, 6.07) is 10.7. The number of methoxy groups -OCH3 is 1. The summed E-state index contributed by atoms with van der Waals surface area (Å²) < 4.78 is 4.71. The number of anilines is 2. The van der Waals surface area contributed by atoms with Crippen molar-refractivity contribution in [3.05, 3.63) is 53.9 Å². The molecule has 2 aromatic rings. The third-order valence-electron chi connectivity index (χ3n) is 4.76. The van der Waals surface area contributed by atoms with E-state index in [1.807, 2.05) is 6.07 Å². The van der Waals surface area contributed by atoms with Crippen LogP contribution in [0.3, 0.4) is 0 Å². The van der Waals surface area contributed by atoms with E-state index in [-0.39, 0.29) is 5.91 Å². The zero-order valence-electron chi connectivity index (χ0n) is 15.5. The molecule has 1 aliphatic rings. The molecular weight excluding hydrogens is 342 g/mol. The number of aromatic nitrogens is 1. The molecule has 1 saturated carbocycles. The Bertz CT molecular complexity index is 799. The number of rotatable bonds is 5. The molecule has 6 heteroatoms. The SMILES string of the molecule is COC(=O)c1cccc(NC(=O)c2cc(NC3CCCCCC3)ccn2)c1. The van der Waals surface area contributed by atoms with Gasteiger partial charge in [-0.1, -0.05) is 31.7 Å². The summed E-state index contributed by atoms with van der Waals surface area (Å²) in [6.45, 7) is 0. The Morgan fingerprint density at radius 2 is 1.81 bits per heavy atom. The summed E-state index contributed by atoms with van der Waals surface area (Å²) in [6.07, 6.45) is 9.03. The van der Waals surface area contributed by atoms with Crippen LogP contribution in [0.25, 0.3) is 0 Å². The van der Waals surface area contributed by atoms with Crippen LogP contribution in [-0.2, 0) is 4.74 Å². The molecule has 1 aromatic heterocycles. The molecule has 6 nitrogen and oxygen atoms in total. The number of benzene rings is 1. The summed E-state index contributed by atoms with van der Waals surface area (Å²) in [5.41, 5.74) is 2.14. The maximum absolute atomic E-state index is 12.5. The van der Waals surface area contributed by atoms with Crippen molar-refractivity contribution in [2.75, 3.05) is 17.7 Å². The van der Waals surface area contributed by atoms with Crippen LogP contribution in [0.1, 0.15) is 59.4 Å². The van der Waals surface area contributed by atoms with Crippen molar-refractivity contribution in [2.45, 2.75) is 44.6 Å². The van der Waals surface area contributed by atoms with Crippen LogP contribution in [0.5, 0.6) is 0 Å². The highest BCUT2D eigenvalue weighted by Crippen LogP contribution is 2.21. The smallest absolute Gasteiger partial charge is 0.337 e. The Morgan fingerprint density at radius 3 is 2.56 bits per heavy atom. The summed E-state index contributed by atoms with van der Waals surface area (Å²) in [7, 11) is 1.32. The Labute approximate surface area is 159 Å². The normalized spacial score (nSPS) is 14.9. The first-order valence-corrected chi connectivity index (χ1v) is 9.38. The van der Waals surface area contributed by atoms with E-state index in [9.17, 15) is 9.59 Å². The summed E-state index contributed by atoms with van der Waals surface area (Å²) >= 11 is 0. The third kappa shape index (κ3) is 5.29. The van der Waals surface area contributed by atoms with Gasteiger partial charge >= 0.3 is 5.97 Å². The topological polar surface area (TPSA) is 80.3 Å². The first-order chi connectivity index (χ1) is 13.2. The van der Waals surface area contributed by atoms with E-state index >= 15 is 0 Å². The number of carbonyl (C=O) groups excluding carboxylic acids is 2. The summed E-state index contributed by atoms with van der Waals surface area (Å²) in [5, 5.41) is 6.31. The van der Waals surface area contributed by atoms with Crippen LogP contribution in [-0.4, -0.2) is 30.0 Å². The lowest BCUT2D eigenvalue weighted by molar-refractivity contribution is 0.0600. The van der Waals surface area contributed by atoms with Gasteiger partial charge in [0, 0.05) is 23.6 Å². The molecule has 0 saturated heterocycles. The van der Waals surface area contributed by atoms with E-state index in [1.165, 1.54) is 32.8 Å². The van der Waals surface area contributed by atoms with Crippen LogP contribution in [0.15, 0.2) is 42.6 Å². The predicted molar refractivity (Wildman–Crippen MR) is 105 cm³/mol. The number of nitrogens with one attached hydrogen (secondary N) is 2. The predicted octanol–water partition coefficient (Wildman–Crippen LogP) is 4.26. The number of carbonyl (C=O) groups is 2. The number of ether oxygens (including phenoxy) is 1. The fourth-order valence-corrected chi connectivity index (χ4v) is 3.34. The molecule has 1 amide bonds. The van der Waals surface area contributed by atoms with E-state index in [0.29, 0.717) is 23.0 Å². The number of esters is 1. The van der Waals surface area contributed by atoms with Crippen molar-refractivity contribution in [1.29, 1.82) is 0 Å². The quantitative estimate of drug-likeness (QED) is 0.610. The van der Waals surface area contributed by atoms with Gasteiger partial charge in [-0.15, -0.1) is 0 Å². The highest BCUT2D eigenvalue weighted by Gasteiger charge is 2.14. The van der Waals surface area contributed by atoms with Crippen molar-refractivity contribution in [3.8, 4) is 0 Å². The Morgan fingerprint density at radius 1 is 1.04 bits per heavy atom. The molecule has 3 rings (SSSR count). The molecule has 27 heavy (non-hydrogen) atoms. The number of pyridine rings is 1. The maximum Gasteiger partial charge on any atom is 0.337 e. The fourth-order valence-electron chi connectivity index (χ4n) is 3.34. The van der Waals surface area contributed by atoms with Gasteiger partial charge in [0.1, 0.15) is 5.69 Å². The molecule has 142 valence electrons. The Balaban J connectivity index is 1.67. The first-order valence-electron chi connectivity index (χ1n) is 9.38. The van der Waals surface area contributed by atoms with Crippen LogP contribution < -0.4 is 10.6 Å². The number of hydrogen-bond acceptors (Lipinski definition) is 5. The fraction of sp³-hybridized carbons (Fsp3) is 0.381. The first kappa shape index (κ1) is 18.9. The van der Waals surface area contributed by atoms with Gasteiger partial charge in [-0.3, -0.25) is 9.78 Å². The minimum atomic E-state index is -0.446. The van der Waals surface area contributed by atoms with Gasteiger partial charge in [-0.2, -0.15) is 0 Å². The van der Waals surface area contributed by atoms with Gasteiger partial charge < -0.3 is 15.4 Å². The third-order valence-corrected chi connectivity index (χ3v) is 4.76. The second-order valence-electron chi connectivity index (χ2n) is 6.79. The lowest BCUT2D eigenvalue weighted by atomic mass is 10.1. The monoisotopic (exact) mass is 367 g/mol. The van der Waals surface area contributed by atoms with Crippen LogP contribution in [0.4, 0.5) is 11.4 Å². The minimum Gasteiger partial charge on any atom is -0.465 e. The Hall–Kier alpha value is -2.89. The molecule has 2 N–H and O–H groups in total. The zero-order chi connectivity index (χ0) is 19.1. The molecule has 0 unspecified atom stereocenters. The van der Waals surface area contributed by atoms with Gasteiger partial charge in [0.2, 0.25) is 0 Å². The number of nitrogens with zero attached hydrogens (tertiary/aromatic N) is 1. The average molecular weight is 367 g/mol. The summed E-state index contributed by atoms with van der Waals surface area (Å²) in [4.78, 5) is 28.3. The molecule has 1 fully saturated rings. The van der Waals surface area contributed by atoms with Crippen molar-refractivity contribution in [3.63, 3.8) is 0 Å². The van der Waals surface area contributed by atoms with Gasteiger partial charge in [0.25, 0.3) is 5.91 Å². The van der Waals surface area contributed by atoms with Crippen molar-refractivity contribution in [2.24, 2.45) is 0 Å². The van der Waals surface area contributed by atoms with E-state index < -0.39 is 5.97 Å². The standard InChI is InChI=1S/C21H25N3O3/c1-27-21(26)15-7-6-10-17(13-15)24-20(25)19-14-18(11-12-22-19)23-16-8-4-2-3-5-9-16/h6-7,10-14,16H,2-5,8-9H2,1H3,(H,22,23)(H,24,25). The van der Waals surface area contributed by atoms with Gasteiger partial charge in [0.15, 0.2) is 0 Å². The molecule has 0 spiro atoms. The van der Waals surface area contributed by atoms with E-state index in [1.54, 1.807) is 36.5 Å². The van der Waals surface area contributed by atoms with Crippen LogP contribution >= 0.6 is 0 Å². The van der Waals surface area contributed by atoms with Gasteiger partial charge in [0.05, 0.1) is 12.7 Å².